The van der Waals surface area contributed by atoms with Crippen LogP contribution in [-0.4, -0.2) is 21.7 Å². The number of aliphatic hydroxyl groups excluding tert-OH is 1. The molecule has 1 aromatic carbocycles. The number of rotatable bonds is 4. The average molecular weight is 284 g/mol. The van der Waals surface area contributed by atoms with E-state index < -0.39 is 5.56 Å². The van der Waals surface area contributed by atoms with Gasteiger partial charge in [-0.2, -0.15) is 0 Å². The Bertz CT molecular complexity index is 584. The Balaban J connectivity index is 0.00000180. The molecule has 19 heavy (non-hydrogen) atoms. The van der Waals surface area contributed by atoms with E-state index in [0.717, 1.165) is 5.56 Å². The summed E-state index contributed by atoms with van der Waals surface area (Å²) in [6.07, 6.45) is 1.82. The number of ether oxygens (including phenoxy) is 1. The van der Waals surface area contributed by atoms with Gasteiger partial charge in [0.1, 0.15) is 5.75 Å². The second-order valence-electron chi connectivity index (χ2n) is 3.67. The highest BCUT2D eigenvalue weighted by atomic mass is 35.5. The minimum absolute atomic E-state index is 0. The van der Waals surface area contributed by atoms with E-state index in [1.165, 1.54) is 6.33 Å². The number of nitrogens with one attached hydrogen (secondary N) is 1. The van der Waals surface area contributed by atoms with Crippen LogP contribution in [0.1, 0.15) is 5.56 Å². The molecular formula is C12H14ClN3O3. The van der Waals surface area contributed by atoms with E-state index in [0.29, 0.717) is 12.2 Å². The van der Waals surface area contributed by atoms with E-state index in [-0.39, 0.29) is 30.6 Å². The fourth-order valence-corrected chi connectivity index (χ4v) is 1.44. The van der Waals surface area contributed by atoms with Crippen molar-refractivity contribution in [2.45, 2.75) is 6.42 Å². The maximum atomic E-state index is 11.2. The van der Waals surface area contributed by atoms with Crippen LogP contribution in [0.25, 0.3) is 0 Å². The zero-order chi connectivity index (χ0) is 13.0. The molecule has 6 nitrogen and oxygen atoms in total. The number of hydrogen-bond acceptors (Lipinski definition) is 5. The third kappa shape index (κ3) is 3.70. The lowest BCUT2D eigenvalue weighted by Gasteiger charge is -2.06. The number of nitrogens with zero attached hydrogens (tertiary/aromatic N) is 1. The molecule has 0 aliphatic carbocycles. The maximum Gasteiger partial charge on any atom is 0.277 e. The molecule has 0 aliphatic heterocycles. The molecule has 0 atom stereocenters. The highest BCUT2D eigenvalue weighted by Gasteiger charge is 2.06. The first kappa shape index (κ1) is 15.0. The van der Waals surface area contributed by atoms with Gasteiger partial charge in [0.2, 0.25) is 5.88 Å². The minimum atomic E-state index is -0.433. The van der Waals surface area contributed by atoms with Crippen molar-refractivity contribution in [3.63, 3.8) is 0 Å². The third-order valence-corrected chi connectivity index (χ3v) is 2.39. The third-order valence-electron chi connectivity index (χ3n) is 2.39. The number of H-pyrrole nitrogens is 1. The molecule has 0 saturated carbocycles. The van der Waals surface area contributed by atoms with Crippen molar-refractivity contribution in [1.82, 2.24) is 9.97 Å². The Labute approximate surface area is 115 Å². The number of anilines is 1. The van der Waals surface area contributed by atoms with Gasteiger partial charge in [0.25, 0.3) is 5.56 Å². The van der Waals surface area contributed by atoms with Gasteiger partial charge in [-0.15, -0.1) is 12.4 Å². The number of nitrogen functional groups attached to an aromatic ring is 1. The molecule has 2 aromatic rings. The van der Waals surface area contributed by atoms with Crippen LogP contribution in [0, 0.1) is 0 Å². The largest absolute Gasteiger partial charge is 0.437 e. The predicted molar refractivity (Wildman–Crippen MR) is 73.8 cm³/mol. The first-order chi connectivity index (χ1) is 8.70. The Kier molecular flexibility index (Phi) is 5.35. The molecule has 7 heteroatoms. The molecule has 1 aromatic heterocycles. The fourth-order valence-electron chi connectivity index (χ4n) is 1.44. The number of halogens is 1. The van der Waals surface area contributed by atoms with Crippen LogP contribution in [0.5, 0.6) is 11.6 Å². The van der Waals surface area contributed by atoms with Gasteiger partial charge in [0, 0.05) is 6.61 Å². The van der Waals surface area contributed by atoms with Gasteiger partial charge in [0.05, 0.1) is 6.33 Å². The van der Waals surface area contributed by atoms with Gasteiger partial charge in [-0.3, -0.25) is 4.79 Å². The van der Waals surface area contributed by atoms with Gasteiger partial charge in [-0.1, -0.05) is 12.1 Å². The van der Waals surface area contributed by atoms with Gasteiger partial charge >= 0.3 is 0 Å². The lowest BCUT2D eigenvalue weighted by atomic mass is 10.1. The number of aliphatic hydroxyl groups is 1. The lowest BCUT2D eigenvalue weighted by molar-refractivity contribution is 0.299. The van der Waals surface area contributed by atoms with E-state index in [4.69, 9.17) is 15.6 Å². The molecular weight excluding hydrogens is 270 g/mol. The molecule has 0 fully saturated rings. The van der Waals surface area contributed by atoms with Crippen molar-refractivity contribution < 1.29 is 9.84 Å². The normalized spacial score (nSPS) is 9.74. The maximum absolute atomic E-state index is 11.2. The lowest BCUT2D eigenvalue weighted by Crippen LogP contribution is -2.13. The zero-order valence-corrected chi connectivity index (χ0v) is 10.8. The number of hydrogen-bond donors (Lipinski definition) is 3. The molecule has 0 spiro atoms. The minimum Gasteiger partial charge on any atom is -0.437 e. The first-order valence-electron chi connectivity index (χ1n) is 5.41. The van der Waals surface area contributed by atoms with E-state index >= 15 is 0 Å². The Morgan fingerprint density at radius 3 is 2.63 bits per heavy atom. The topological polar surface area (TPSA) is 101 Å². The van der Waals surface area contributed by atoms with Crippen molar-refractivity contribution in [3.8, 4) is 11.6 Å². The molecule has 2 rings (SSSR count). The summed E-state index contributed by atoms with van der Waals surface area (Å²) in [5, 5.41) is 8.80. The van der Waals surface area contributed by atoms with Crippen LogP contribution >= 0.6 is 12.4 Å². The van der Waals surface area contributed by atoms with Crippen LogP contribution in [0.3, 0.4) is 0 Å². The van der Waals surface area contributed by atoms with Crippen molar-refractivity contribution in [2.75, 3.05) is 12.3 Å². The molecule has 0 aliphatic rings. The van der Waals surface area contributed by atoms with Crippen molar-refractivity contribution in [1.29, 1.82) is 0 Å². The molecule has 0 radical (unpaired) electrons. The molecule has 0 amide bonds. The van der Waals surface area contributed by atoms with E-state index in [1.807, 2.05) is 12.1 Å². The van der Waals surface area contributed by atoms with Crippen LogP contribution in [0.2, 0.25) is 0 Å². The van der Waals surface area contributed by atoms with Crippen LogP contribution in [0.4, 0.5) is 5.69 Å². The molecule has 102 valence electrons. The Morgan fingerprint density at radius 2 is 2.00 bits per heavy atom. The van der Waals surface area contributed by atoms with E-state index in [2.05, 4.69) is 9.97 Å². The first-order valence-corrected chi connectivity index (χ1v) is 5.41. The molecule has 4 N–H and O–H groups in total. The zero-order valence-electron chi connectivity index (χ0n) is 10.00. The second-order valence-corrected chi connectivity index (χ2v) is 3.67. The summed E-state index contributed by atoms with van der Waals surface area (Å²) in [6.45, 7) is 0.1000. The van der Waals surface area contributed by atoms with Gasteiger partial charge in [-0.05, 0) is 24.1 Å². The molecule has 0 saturated heterocycles. The van der Waals surface area contributed by atoms with Gasteiger partial charge in [0.15, 0.2) is 5.69 Å². The molecule has 1 heterocycles. The average Bonchev–Trinajstić information content (AvgIpc) is 2.38. The highest BCUT2D eigenvalue weighted by Crippen LogP contribution is 2.22. The van der Waals surface area contributed by atoms with Gasteiger partial charge < -0.3 is 20.6 Å². The van der Waals surface area contributed by atoms with Gasteiger partial charge in [-0.25, -0.2) is 4.98 Å². The Morgan fingerprint density at radius 1 is 1.32 bits per heavy atom. The summed E-state index contributed by atoms with van der Waals surface area (Å²) < 4.78 is 5.40. The smallest absolute Gasteiger partial charge is 0.277 e. The van der Waals surface area contributed by atoms with E-state index in [9.17, 15) is 4.79 Å². The van der Waals surface area contributed by atoms with Crippen molar-refractivity contribution >= 4 is 18.1 Å². The monoisotopic (exact) mass is 283 g/mol. The summed E-state index contributed by atoms with van der Waals surface area (Å²) in [6, 6.07) is 7.12. The second kappa shape index (κ2) is 6.77. The van der Waals surface area contributed by atoms with Crippen LogP contribution < -0.4 is 16.0 Å². The van der Waals surface area contributed by atoms with Crippen LogP contribution in [-0.2, 0) is 6.42 Å². The quantitative estimate of drug-likeness (QED) is 0.780. The summed E-state index contributed by atoms with van der Waals surface area (Å²) in [5.41, 5.74) is 6.05. The number of nitrogens with two attached hydrogens (primary N) is 1. The predicted octanol–water partition coefficient (Wildman–Crippen LogP) is 1.10. The van der Waals surface area contributed by atoms with E-state index in [1.54, 1.807) is 12.1 Å². The summed E-state index contributed by atoms with van der Waals surface area (Å²) in [5.74, 6) is 0.607. The fraction of sp³-hybridized carbons (Fsp3) is 0.167. The highest BCUT2D eigenvalue weighted by molar-refractivity contribution is 5.85. The SMILES string of the molecule is Cl.Nc1c(Oc2ccc(CCO)cc2)nc[nH]c1=O. The summed E-state index contributed by atoms with van der Waals surface area (Å²) in [7, 11) is 0. The summed E-state index contributed by atoms with van der Waals surface area (Å²) in [4.78, 5) is 17.4. The number of benzene rings is 1. The van der Waals surface area contributed by atoms with Crippen LogP contribution in [0.15, 0.2) is 35.4 Å². The molecule has 0 unspecified atom stereocenters. The number of aromatic nitrogens is 2. The van der Waals surface area contributed by atoms with Crippen molar-refractivity contribution in [2.24, 2.45) is 0 Å². The molecule has 0 bridgehead atoms. The number of aromatic amines is 1. The standard InChI is InChI=1S/C12H13N3O3.ClH/c13-10-11(17)14-7-15-12(10)18-9-3-1-8(2-4-9)5-6-16;/h1-4,7,16H,5-6,13H2,(H,14,15,17);1H. The Hall–Kier alpha value is -2.05. The van der Waals surface area contributed by atoms with Crippen molar-refractivity contribution in [3.05, 3.63) is 46.5 Å². The summed E-state index contributed by atoms with van der Waals surface area (Å²) >= 11 is 0.